The fraction of sp³-hybridized carbons (Fsp3) is 0.583. The molecular formula is C12H19NO2. The summed E-state index contributed by atoms with van der Waals surface area (Å²) in [7, 11) is 1.59. The van der Waals surface area contributed by atoms with Crippen LogP contribution in [0.4, 0.5) is 0 Å². The highest BCUT2D eigenvalue weighted by Gasteiger charge is 2.33. The summed E-state index contributed by atoms with van der Waals surface area (Å²) in [6.45, 7) is 6.20. The zero-order valence-corrected chi connectivity index (χ0v) is 9.82. The quantitative estimate of drug-likeness (QED) is 0.823. The molecule has 0 saturated heterocycles. The molecule has 1 aromatic heterocycles. The molecule has 0 aliphatic heterocycles. The van der Waals surface area contributed by atoms with E-state index in [-0.39, 0.29) is 12.5 Å². The zero-order valence-electron chi connectivity index (χ0n) is 9.82. The van der Waals surface area contributed by atoms with E-state index < -0.39 is 5.60 Å². The molecule has 84 valence electrons. The second-order valence-corrected chi connectivity index (χ2v) is 4.26. The van der Waals surface area contributed by atoms with Crippen LogP contribution in [0.15, 0.2) is 18.5 Å². The summed E-state index contributed by atoms with van der Waals surface area (Å²) in [6, 6.07) is 1.95. The van der Waals surface area contributed by atoms with Crippen LogP contribution in [0.1, 0.15) is 25.0 Å². The van der Waals surface area contributed by atoms with Crippen LogP contribution in [0.3, 0.4) is 0 Å². The van der Waals surface area contributed by atoms with Crippen molar-refractivity contribution in [3.63, 3.8) is 0 Å². The fourth-order valence-electron chi connectivity index (χ4n) is 1.60. The molecule has 1 unspecified atom stereocenters. The van der Waals surface area contributed by atoms with Crippen molar-refractivity contribution in [1.29, 1.82) is 0 Å². The lowest BCUT2D eigenvalue weighted by Gasteiger charge is -2.31. The average Bonchev–Trinajstić information content (AvgIpc) is 2.17. The van der Waals surface area contributed by atoms with Gasteiger partial charge in [0.15, 0.2) is 0 Å². The number of aliphatic hydroxyl groups is 1. The molecule has 0 spiro atoms. The van der Waals surface area contributed by atoms with E-state index in [1.165, 1.54) is 0 Å². The smallest absolute Gasteiger partial charge is 0.117 e. The number of nitrogens with zero attached hydrogens (tertiary/aromatic N) is 1. The summed E-state index contributed by atoms with van der Waals surface area (Å²) >= 11 is 0. The third-order valence-electron chi connectivity index (χ3n) is 2.69. The first-order valence-electron chi connectivity index (χ1n) is 5.14. The SMILES string of the molecule is COCC(O)(c1cncc(C)c1)C(C)C. The van der Waals surface area contributed by atoms with Gasteiger partial charge in [-0.15, -0.1) is 0 Å². The van der Waals surface area contributed by atoms with Crippen molar-refractivity contribution >= 4 is 0 Å². The maximum Gasteiger partial charge on any atom is 0.117 e. The molecule has 3 heteroatoms. The third kappa shape index (κ3) is 2.55. The highest BCUT2D eigenvalue weighted by atomic mass is 16.5. The molecule has 0 saturated carbocycles. The minimum atomic E-state index is -0.951. The number of methoxy groups -OCH3 is 1. The van der Waals surface area contributed by atoms with Crippen LogP contribution in [0.2, 0.25) is 0 Å². The first-order chi connectivity index (χ1) is 7.00. The molecule has 0 aliphatic rings. The minimum absolute atomic E-state index is 0.0843. The van der Waals surface area contributed by atoms with E-state index in [0.717, 1.165) is 11.1 Å². The second-order valence-electron chi connectivity index (χ2n) is 4.26. The Balaban J connectivity index is 3.09. The van der Waals surface area contributed by atoms with Crippen molar-refractivity contribution in [2.24, 2.45) is 5.92 Å². The Kier molecular flexibility index (Phi) is 3.83. The van der Waals surface area contributed by atoms with Gasteiger partial charge in [0, 0.05) is 25.1 Å². The summed E-state index contributed by atoms with van der Waals surface area (Å²) < 4.78 is 5.08. The molecule has 0 aromatic carbocycles. The number of aromatic nitrogens is 1. The molecule has 1 N–H and O–H groups in total. The van der Waals surface area contributed by atoms with Crippen LogP contribution < -0.4 is 0 Å². The molecule has 3 nitrogen and oxygen atoms in total. The fourth-order valence-corrected chi connectivity index (χ4v) is 1.60. The van der Waals surface area contributed by atoms with E-state index in [9.17, 15) is 5.11 Å². The number of rotatable bonds is 4. The van der Waals surface area contributed by atoms with Gasteiger partial charge in [-0.1, -0.05) is 19.9 Å². The van der Waals surface area contributed by atoms with Gasteiger partial charge in [-0.2, -0.15) is 0 Å². The molecule has 0 aliphatic carbocycles. The van der Waals surface area contributed by atoms with E-state index in [1.54, 1.807) is 19.5 Å². The molecule has 0 fully saturated rings. The second kappa shape index (κ2) is 4.73. The van der Waals surface area contributed by atoms with E-state index in [0.29, 0.717) is 0 Å². The van der Waals surface area contributed by atoms with Crippen molar-refractivity contribution in [2.45, 2.75) is 26.4 Å². The summed E-state index contributed by atoms with van der Waals surface area (Å²) in [5, 5.41) is 10.5. The van der Waals surface area contributed by atoms with Crippen LogP contribution in [0.25, 0.3) is 0 Å². The molecule has 1 rings (SSSR count). The monoisotopic (exact) mass is 209 g/mol. The van der Waals surface area contributed by atoms with E-state index in [2.05, 4.69) is 4.98 Å². The largest absolute Gasteiger partial charge is 0.382 e. The minimum Gasteiger partial charge on any atom is -0.382 e. The van der Waals surface area contributed by atoms with Crippen LogP contribution in [-0.2, 0) is 10.3 Å². The van der Waals surface area contributed by atoms with Gasteiger partial charge in [0.05, 0.1) is 6.61 Å². The third-order valence-corrected chi connectivity index (χ3v) is 2.69. The zero-order chi connectivity index (χ0) is 11.5. The summed E-state index contributed by atoms with van der Waals surface area (Å²) in [5.41, 5.74) is 0.912. The average molecular weight is 209 g/mol. The van der Waals surface area contributed by atoms with Gasteiger partial charge in [0.2, 0.25) is 0 Å². The van der Waals surface area contributed by atoms with Crippen molar-refractivity contribution in [2.75, 3.05) is 13.7 Å². The molecule has 1 atom stereocenters. The summed E-state index contributed by atoms with van der Waals surface area (Å²) in [5.74, 6) is 0.0843. The van der Waals surface area contributed by atoms with Gasteiger partial charge in [-0.3, -0.25) is 4.98 Å². The molecule has 1 aromatic rings. The van der Waals surface area contributed by atoms with Gasteiger partial charge >= 0.3 is 0 Å². The van der Waals surface area contributed by atoms with E-state index in [4.69, 9.17) is 4.74 Å². The van der Waals surface area contributed by atoms with Crippen LogP contribution in [-0.4, -0.2) is 23.8 Å². The summed E-state index contributed by atoms with van der Waals surface area (Å²) in [6.07, 6.45) is 3.48. The standard InChI is InChI=1S/C12H19NO2/c1-9(2)12(14,8-15-4)11-5-10(3)6-13-7-11/h5-7,9,14H,8H2,1-4H3. The predicted molar refractivity (Wildman–Crippen MR) is 59.6 cm³/mol. The maximum absolute atomic E-state index is 10.5. The molecular weight excluding hydrogens is 190 g/mol. The normalized spacial score (nSPS) is 15.3. The van der Waals surface area contributed by atoms with Gasteiger partial charge in [0.25, 0.3) is 0 Å². The predicted octanol–water partition coefficient (Wildman–Crippen LogP) is 1.88. The Bertz CT molecular complexity index is 325. The van der Waals surface area contributed by atoms with Crippen LogP contribution in [0.5, 0.6) is 0 Å². The van der Waals surface area contributed by atoms with Crippen molar-refractivity contribution in [1.82, 2.24) is 4.98 Å². The van der Waals surface area contributed by atoms with Crippen molar-refractivity contribution in [3.8, 4) is 0 Å². The van der Waals surface area contributed by atoms with Gasteiger partial charge in [0.1, 0.15) is 5.60 Å². The number of hydrogen-bond donors (Lipinski definition) is 1. The summed E-state index contributed by atoms with van der Waals surface area (Å²) in [4.78, 5) is 4.10. The molecule has 0 bridgehead atoms. The number of hydrogen-bond acceptors (Lipinski definition) is 3. The lowest BCUT2D eigenvalue weighted by Crippen LogP contribution is -2.37. The van der Waals surface area contributed by atoms with E-state index >= 15 is 0 Å². The number of pyridine rings is 1. The highest BCUT2D eigenvalue weighted by Crippen LogP contribution is 2.29. The lowest BCUT2D eigenvalue weighted by atomic mass is 9.84. The Morgan fingerprint density at radius 2 is 2.13 bits per heavy atom. The Morgan fingerprint density at radius 3 is 2.60 bits per heavy atom. The van der Waals surface area contributed by atoms with Crippen molar-refractivity contribution < 1.29 is 9.84 Å². The van der Waals surface area contributed by atoms with Crippen molar-refractivity contribution in [3.05, 3.63) is 29.6 Å². The Hall–Kier alpha value is -0.930. The molecule has 0 amide bonds. The molecule has 1 heterocycles. The topological polar surface area (TPSA) is 42.4 Å². The maximum atomic E-state index is 10.5. The van der Waals surface area contributed by atoms with Gasteiger partial charge in [-0.25, -0.2) is 0 Å². The number of aryl methyl sites for hydroxylation is 1. The first-order valence-corrected chi connectivity index (χ1v) is 5.14. The molecule has 15 heavy (non-hydrogen) atoms. The molecule has 0 radical (unpaired) electrons. The van der Waals surface area contributed by atoms with Crippen LogP contribution in [0, 0.1) is 12.8 Å². The van der Waals surface area contributed by atoms with E-state index in [1.807, 2.05) is 26.8 Å². The Labute approximate surface area is 91.1 Å². The van der Waals surface area contributed by atoms with Gasteiger partial charge in [-0.05, 0) is 18.4 Å². The van der Waals surface area contributed by atoms with Crippen LogP contribution >= 0.6 is 0 Å². The number of ether oxygens (including phenoxy) is 1. The highest BCUT2D eigenvalue weighted by molar-refractivity contribution is 5.23. The lowest BCUT2D eigenvalue weighted by molar-refractivity contribution is -0.0703. The Morgan fingerprint density at radius 1 is 1.47 bits per heavy atom. The first kappa shape index (κ1) is 12.1. The van der Waals surface area contributed by atoms with Gasteiger partial charge < -0.3 is 9.84 Å².